The standard InChI is InChI=1S/C17H23N3O3/c1-5-12-9-7-8-11(3)14(12)18-13(21)10-20-15(22)17(4,6-2)19-16(20)23/h7-9H,5-6,10H2,1-4H3,(H,18,21)(H,19,23)/t17-/m0/s1. The average molecular weight is 317 g/mol. The number of benzene rings is 1. The number of hydrogen-bond donors (Lipinski definition) is 2. The second-order valence-corrected chi connectivity index (χ2v) is 6.02. The van der Waals surface area contributed by atoms with Crippen LogP contribution in [0.15, 0.2) is 18.2 Å². The number of rotatable bonds is 5. The first-order valence-electron chi connectivity index (χ1n) is 7.84. The van der Waals surface area contributed by atoms with E-state index in [-0.39, 0.29) is 18.4 Å². The predicted octanol–water partition coefficient (Wildman–Crippen LogP) is 2.22. The monoisotopic (exact) mass is 317 g/mol. The summed E-state index contributed by atoms with van der Waals surface area (Å²) >= 11 is 0. The molecule has 124 valence electrons. The molecule has 1 aliphatic heterocycles. The Bertz CT molecular complexity index is 656. The van der Waals surface area contributed by atoms with E-state index in [1.807, 2.05) is 39.0 Å². The Labute approximate surface area is 136 Å². The van der Waals surface area contributed by atoms with Crippen molar-refractivity contribution >= 4 is 23.5 Å². The van der Waals surface area contributed by atoms with Gasteiger partial charge in [0, 0.05) is 5.69 Å². The van der Waals surface area contributed by atoms with Crippen LogP contribution in [0, 0.1) is 6.92 Å². The van der Waals surface area contributed by atoms with Crippen LogP contribution in [0.25, 0.3) is 0 Å². The predicted molar refractivity (Wildman–Crippen MR) is 88.1 cm³/mol. The summed E-state index contributed by atoms with van der Waals surface area (Å²) in [4.78, 5) is 37.5. The van der Waals surface area contributed by atoms with E-state index in [9.17, 15) is 14.4 Å². The van der Waals surface area contributed by atoms with Crippen LogP contribution in [0.2, 0.25) is 0 Å². The van der Waals surface area contributed by atoms with E-state index in [4.69, 9.17) is 0 Å². The molecule has 6 heteroatoms. The molecule has 0 bridgehead atoms. The van der Waals surface area contributed by atoms with Crippen molar-refractivity contribution < 1.29 is 14.4 Å². The van der Waals surface area contributed by atoms with Crippen LogP contribution in [-0.2, 0) is 16.0 Å². The molecule has 4 amide bonds. The third-order valence-corrected chi connectivity index (χ3v) is 4.36. The molecule has 1 heterocycles. The molecule has 1 saturated heterocycles. The number of carbonyl (C=O) groups excluding carboxylic acids is 3. The topological polar surface area (TPSA) is 78.5 Å². The van der Waals surface area contributed by atoms with Gasteiger partial charge in [-0.15, -0.1) is 0 Å². The second-order valence-electron chi connectivity index (χ2n) is 6.02. The summed E-state index contributed by atoms with van der Waals surface area (Å²) in [6, 6.07) is 5.28. The molecule has 0 spiro atoms. The van der Waals surface area contributed by atoms with E-state index < -0.39 is 11.6 Å². The molecule has 2 rings (SSSR count). The molecule has 2 N–H and O–H groups in total. The number of imide groups is 1. The molecule has 0 aliphatic carbocycles. The van der Waals surface area contributed by atoms with Gasteiger partial charge in [-0.05, 0) is 37.8 Å². The molecule has 1 aliphatic rings. The fraction of sp³-hybridized carbons (Fsp3) is 0.471. The zero-order chi connectivity index (χ0) is 17.2. The second kappa shape index (κ2) is 6.40. The van der Waals surface area contributed by atoms with Gasteiger partial charge in [0.15, 0.2) is 0 Å². The molecule has 0 unspecified atom stereocenters. The van der Waals surface area contributed by atoms with Crippen molar-refractivity contribution in [3.8, 4) is 0 Å². The van der Waals surface area contributed by atoms with Crippen molar-refractivity contribution in [3.63, 3.8) is 0 Å². The fourth-order valence-corrected chi connectivity index (χ4v) is 2.65. The van der Waals surface area contributed by atoms with Crippen LogP contribution in [0.3, 0.4) is 0 Å². The largest absolute Gasteiger partial charge is 0.325 e. The van der Waals surface area contributed by atoms with E-state index in [0.717, 1.165) is 28.1 Å². The normalized spacial score (nSPS) is 20.6. The van der Waals surface area contributed by atoms with Gasteiger partial charge in [-0.1, -0.05) is 32.0 Å². The molecule has 0 aromatic heterocycles. The molecule has 1 atom stereocenters. The van der Waals surface area contributed by atoms with Gasteiger partial charge in [0.05, 0.1) is 0 Å². The summed E-state index contributed by atoms with van der Waals surface area (Å²) < 4.78 is 0. The minimum atomic E-state index is -0.922. The lowest BCUT2D eigenvalue weighted by Gasteiger charge is -2.19. The van der Waals surface area contributed by atoms with E-state index in [2.05, 4.69) is 10.6 Å². The van der Waals surface area contributed by atoms with Crippen molar-refractivity contribution in [2.45, 2.75) is 46.1 Å². The van der Waals surface area contributed by atoms with E-state index in [0.29, 0.717) is 6.42 Å². The SMILES string of the molecule is CCc1cccc(C)c1NC(=O)CN1C(=O)N[C@@](C)(CC)C1=O. The quantitative estimate of drug-likeness (QED) is 0.817. The first-order chi connectivity index (χ1) is 10.8. The van der Waals surface area contributed by atoms with Crippen molar-refractivity contribution in [2.24, 2.45) is 0 Å². The number of nitrogens with zero attached hydrogens (tertiary/aromatic N) is 1. The number of carbonyl (C=O) groups is 3. The fourth-order valence-electron chi connectivity index (χ4n) is 2.65. The minimum absolute atomic E-state index is 0.280. The smallest absolute Gasteiger partial charge is 0.324 e. The van der Waals surface area contributed by atoms with Crippen molar-refractivity contribution in [1.82, 2.24) is 10.2 Å². The maximum atomic E-state index is 12.3. The first kappa shape index (κ1) is 17.0. The lowest BCUT2D eigenvalue weighted by Crippen LogP contribution is -2.44. The third-order valence-electron chi connectivity index (χ3n) is 4.36. The highest BCUT2D eigenvalue weighted by Crippen LogP contribution is 2.23. The van der Waals surface area contributed by atoms with Gasteiger partial charge in [-0.3, -0.25) is 14.5 Å². The van der Waals surface area contributed by atoms with Crippen LogP contribution in [0.5, 0.6) is 0 Å². The van der Waals surface area contributed by atoms with Gasteiger partial charge in [-0.25, -0.2) is 4.79 Å². The molecule has 23 heavy (non-hydrogen) atoms. The third kappa shape index (κ3) is 3.21. The number of amides is 4. The van der Waals surface area contributed by atoms with Crippen molar-refractivity contribution in [2.75, 3.05) is 11.9 Å². The van der Waals surface area contributed by atoms with Crippen molar-refractivity contribution in [3.05, 3.63) is 29.3 Å². The summed E-state index contributed by atoms with van der Waals surface area (Å²) in [5.74, 6) is -0.737. The summed E-state index contributed by atoms with van der Waals surface area (Å²) in [6.45, 7) is 7.13. The van der Waals surface area contributed by atoms with E-state index in [1.54, 1.807) is 6.92 Å². The van der Waals surface area contributed by atoms with Gasteiger partial charge < -0.3 is 10.6 Å². The molecule has 1 fully saturated rings. The van der Waals surface area contributed by atoms with Crippen LogP contribution >= 0.6 is 0 Å². The van der Waals surface area contributed by atoms with Gasteiger partial charge in [0.2, 0.25) is 5.91 Å². The van der Waals surface area contributed by atoms with E-state index >= 15 is 0 Å². The number of para-hydroxylation sites is 1. The molecule has 0 radical (unpaired) electrons. The Morgan fingerprint density at radius 2 is 2.00 bits per heavy atom. The highest BCUT2D eigenvalue weighted by molar-refractivity contribution is 6.10. The van der Waals surface area contributed by atoms with Gasteiger partial charge in [0.1, 0.15) is 12.1 Å². The number of anilines is 1. The number of aryl methyl sites for hydroxylation is 2. The van der Waals surface area contributed by atoms with Crippen LogP contribution < -0.4 is 10.6 Å². The Kier molecular flexibility index (Phi) is 4.73. The van der Waals surface area contributed by atoms with Crippen LogP contribution in [0.4, 0.5) is 10.5 Å². The molecule has 1 aromatic rings. The van der Waals surface area contributed by atoms with Gasteiger partial charge >= 0.3 is 6.03 Å². The minimum Gasteiger partial charge on any atom is -0.324 e. The highest BCUT2D eigenvalue weighted by atomic mass is 16.2. The molecular weight excluding hydrogens is 294 g/mol. The number of urea groups is 1. The maximum absolute atomic E-state index is 12.3. The number of nitrogens with one attached hydrogen (secondary N) is 2. The van der Waals surface area contributed by atoms with Gasteiger partial charge in [0.25, 0.3) is 5.91 Å². The number of hydrogen-bond acceptors (Lipinski definition) is 3. The molecule has 0 saturated carbocycles. The Morgan fingerprint density at radius 3 is 2.57 bits per heavy atom. The highest BCUT2D eigenvalue weighted by Gasteiger charge is 2.46. The van der Waals surface area contributed by atoms with E-state index in [1.165, 1.54) is 0 Å². The Hall–Kier alpha value is -2.37. The summed E-state index contributed by atoms with van der Waals surface area (Å²) in [7, 11) is 0. The summed E-state index contributed by atoms with van der Waals surface area (Å²) in [6.07, 6.45) is 1.27. The zero-order valence-corrected chi connectivity index (χ0v) is 14.0. The lowest BCUT2D eigenvalue weighted by molar-refractivity contribution is -0.133. The van der Waals surface area contributed by atoms with Crippen LogP contribution in [0.1, 0.15) is 38.3 Å². The average Bonchev–Trinajstić information content (AvgIpc) is 2.73. The summed E-state index contributed by atoms with van der Waals surface area (Å²) in [5.41, 5.74) is 1.81. The van der Waals surface area contributed by atoms with Crippen LogP contribution in [-0.4, -0.2) is 34.8 Å². The first-order valence-corrected chi connectivity index (χ1v) is 7.84. The zero-order valence-electron chi connectivity index (χ0n) is 14.0. The Balaban J connectivity index is 2.12. The van der Waals surface area contributed by atoms with Crippen molar-refractivity contribution in [1.29, 1.82) is 0 Å². The lowest BCUT2D eigenvalue weighted by atomic mass is 9.99. The molecule has 6 nitrogen and oxygen atoms in total. The maximum Gasteiger partial charge on any atom is 0.325 e. The molecule has 1 aromatic carbocycles. The summed E-state index contributed by atoms with van der Waals surface area (Å²) in [5, 5.41) is 5.47. The van der Waals surface area contributed by atoms with Gasteiger partial charge in [-0.2, -0.15) is 0 Å². The Morgan fingerprint density at radius 1 is 1.30 bits per heavy atom. The molecular formula is C17H23N3O3.